The summed E-state index contributed by atoms with van der Waals surface area (Å²) in [5.74, 6) is 0. The number of hydrogen-bond donors (Lipinski definition) is 0. The number of pyridine rings is 1. The first-order chi connectivity index (χ1) is 6.36. The van der Waals surface area contributed by atoms with Crippen molar-refractivity contribution >= 4 is 11.0 Å². The highest BCUT2D eigenvalue weighted by molar-refractivity contribution is 5.72. The Bertz CT molecular complexity index is 385. The van der Waals surface area contributed by atoms with Crippen LogP contribution >= 0.6 is 0 Å². The van der Waals surface area contributed by atoms with Crippen molar-refractivity contribution in [3.63, 3.8) is 0 Å². The third kappa shape index (κ3) is 2.21. The van der Waals surface area contributed by atoms with Crippen molar-refractivity contribution in [3.8, 4) is 0 Å². The van der Waals surface area contributed by atoms with E-state index in [2.05, 4.69) is 15.0 Å². The summed E-state index contributed by atoms with van der Waals surface area (Å²) in [6.45, 7) is 5.95. The van der Waals surface area contributed by atoms with E-state index in [9.17, 15) is 0 Å². The average Bonchev–Trinajstić information content (AvgIpc) is 2.21. The topological polar surface area (TPSA) is 38.7 Å². The van der Waals surface area contributed by atoms with E-state index in [4.69, 9.17) is 0 Å². The SMILES string of the molecule is CC.Cc1ccc2cncnc2n1. The molecule has 68 valence electrons. The summed E-state index contributed by atoms with van der Waals surface area (Å²) in [6, 6.07) is 3.92. The molecular formula is C10H13N3. The Hall–Kier alpha value is -1.51. The maximum Gasteiger partial charge on any atom is 0.162 e. The number of aromatic nitrogens is 3. The highest BCUT2D eigenvalue weighted by Crippen LogP contribution is 2.06. The number of nitrogens with zero attached hydrogens (tertiary/aromatic N) is 3. The average molecular weight is 175 g/mol. The fourth-order valence-electron chi connectivity index (χ4n) is 0.960. The van der Waals surface area contributed by atoms with Gasteiger partial charge in [-0.25, -0.2) is 15.0 Å². The largest absolute Gasteiger partial charge is 0.244 e. The van der Waals surface area contributed by atoms with Crippen molar-refractivity contribution in [1.29, 1.82) is 0 Å². The zero-order valence-corrected chi connectivity index (χ0v) is 8.15. The first kappa shape index (κ1) is 9.58. The zero-order valence-electron chi connectivity index (χ0n) is 8.15. The first-order valence-corrected chi connectivity index (χ1v) is 4.39. The van der Waals surface area contributed by atoms with E-state index >= 15 is 0 Å². The van der Waals surface area contributed by atoms with Crippen molar-refractivity contribution in [1.82, 2.24) is 15.0 Å². The van der Waals surface area contributed by atoms with Crippen LogP contribution in [0.3, 0.4) is 0 Å². The van der Waals surface area contributed by atoms with Gasteiger partial charge in [-0.05, 0) is 19.1 Å². The number of rotatable bonds is 0. The minimum atomic E-state index is 0.764. The van der Waals surface area contributed by atoms with Crippen LogP contribution in [-0.4, -0.2) is 15.0 Å². The predicted octanol–water partition coefficient (Wildman–Crippen LogP) is 2.36. The van der Waals surface area contributed by atoms with Gasteiger partial charge in [-0.3, -0.25) is 0 Å². The number of aryl methyl sites for hydroxylation is 1. The van der Waals surface area contributed by atoms with Crippen LogP contribution in [0.1, 0.15) is 19.5 Å². The van der Waals surface area contributed by atoms with Crippen LogP contribution in [0, 0.1) is 6.92 Å². The van der Waals surface area contributed by atoms with Gasteiger partial charge in [0, 0.05) is 17.3 Å². The van der Waals surface area contributed by atoms with E-state index in [-0.39, 0.29) is 0 Å². The maximum absolute atomic E-state index is 4.22. The lowest BCUT2D eigenvalue weighted by atomic mass is 10.3. The predicted molar refractivity (Wildman–Crippen MR) is 53.4 cm³/mol. The third-order valence-electron chi connectivity index (χ3n) is 1.50. The minimum absolute atomic E-state index is 0.764. The molecule has 0 aliphatic rings. The Labute approximate surface area is 77.9 Å². The standard InChI is InChI=1S/C8H7N3.C2H6/c1-6-2-3-7-4-9-5-10-8(7)11-6;1-2/h2-5H,1H3;1-2H3. The molecule has 0 radical (unpaired) electrons. The second-order valence-corrected chi connectivity index (χ2v) is 2.39. The molecule has 0 saturated heterocycles. The normalized spacial score (nSPS) is 9.15. The van der Waals surface area contributed by atoms with E-state index in [1.54, 1.807) is 6.20 Å². The second kappa shape index (κ2) is 4.50. The summed E-state index contributed by atoms with van der Waals surface area (Å²) in [7, 11) is 0. The zero-order chi connectivity index (χ0) is 9.68. The molecule has 0 aliphatic carbocycles. The highest BCUT2D eigenvalue weighted by atomic mass is 14.9. The molecular weight excluding hydrogens is 162 g/mol. The van der Waals surface area contributed by atoms with Gasteiger partial charge < -0.3 is 0 Å². The fraction of sp³-hybridized carbons (Fsp3) is 0.300. The van der Waals surface area contributed by atoms with Gasteiger partial charge in [-0.2, -0.15) is 0 Å². The molecule has 2 heterocycles. The first-order valence-electron chi connectivity index (χ1n) is 4.39. The molecule has 0 atom stereocenters. The van der Waals surface area contributed by atoms with Crippen molar-refractivity contribution in [2.75, 3.05) is 0 Å². The number of hydrogen-bond acceptors (Lipinski definition) is 3. The van der Waals surface area contributed by atoms with E-state index < -0.39 is 0 Å². The monoisotopic (exact) mass is 175 g/mol. The Morgan fingerprint density at radius 3 is 2.69 bits per heavy atom. The summed E-state index contributed by atoms with van der Waals surface area (Å²) in [5, 5.41) is 0.984. The van der Waals surface area contributed by atoms with Crippen molar-refractivity contribution in [2.45, 2.75) is 20.8 Å². The van der Waals surface area contributed by atoms with E-state index in [1.807, 2.05) is 32.9 Å². The third-order valence-corrected chi connectivity index (χ3v) is 1.50. The van der Waals surface area contributed by atoms with Gasteiger partial charge in [0.25, 0.3) is 0 Å². The second-order valence-electron chi connectivity index (χ2n) is 2.39. The molecule has 0 aliphatic heterocycles. The Kier molecular flexibility index (Phi) is 3.31. The van der Waals surface area contributed by atoms with Crippen LogP contribution in [0.5, 0.6) is 0 Å². The van der Waals surface area contributed by atoms with Gasteiger partial charge >= 0.3 is 0 Å². The molecule has 0 spiro atoms. The molecule has 0 fully saturated rings. The number of fused-ring (bicyclic) bond motifs is 1. The Balaban J connectivity index is 0.000000396. The summed E-state index contributed by atoms with van der Waals surface area (Å²) in [4.78, 5) is 12.1. The van der Waals surface area contributed by atoms with E-state index in [0.29, 0.717) is 0 Å². The lowest BCUT2D eigenvalue weighted by Gasteiger charge is -1.94. The molecule has 0 unspecified atom stereocenters. The molecule has 3 nitrogen and oxygen atoms in total. The van der Waals surface area contributed by atoms with Crippen LogP contribution in [0.25, 0.3) is 11.0 Å². The van der Waals surface area contributed by atoms with Crippen LogP contribution in [0.4, 0.5) is 0 Å². The highest BCUT2D eigenvalue weighted by Gasteiger charge is 1.93. The molecule has 0 saturated carbocycles. The van der Waals surface area contributed by atoms with Crippen molar-refractivity contribution in [2.24, 2.45) is 0 Å². The summed E-state index contributed by atoms with van der Waals surface area (Å²) in [5.41, 5.74) is 1.75. The molecule has 13 heavy (non-hydrogen) atoms. The molecule has 2 aromatic heterocycles. The fourth-order valence-corrected chi connectivity index (χ4v) is 0.960. The van der Waals surface area contributed by atoms with Gasteiger partial charge in [0.05, 0.1) is 0 Å². The molecule has 3 heteroatoms. The lowest BCUT2D eigenvalue weighted by Crippen LogP contribution is -1.86. The maximum atomic E-state index is 4.22. The smallest absolute Gasteiger partial charge is 0.162 e. The van der Waals surface area contributed by atoms with Crippen LogP contribution in [-0.2, 0) is 0 Å². The molecule has 0 bridgehead atoms. The quantitative estimate of drug-likeness (QED) is 0.617. The van der Waals surface area contributed by atoms with Crippen molar-refractivity contribution in [3.05, 3.63) is 30.4 Å². The summed E-state index contributed by atoms with van der Waals surface area (Å²) >= 11 is 0. The van der Waals surface area contributed by atoms with Gasteiger partial charge in [0.2, 0.25) is 0 Å². The van der Waals surface area contributed by atoms with E-state index in [1.165, 1.54) is 6.33 Å². The molecule has 0 amide bonds. The van der Waals surface area contributed by atoms with E-state index in [0.717, 1.165) is 16.7 Å². The molecule has 0 aromatic carbocycles. The summed E-state index contributed by atoms with van der Waals surface area (Å²) < 4.78 is 0. The van der Waals surface area contributed by atoms with Crippen LogP contribution < -0.4 is 0 Å². The van der Waals surface area contributed by atoms with Crippen LogP contribution in [0.2, 0.25) is 0 Å². The van der Waals surface area contributed by atoms with Gasteiger partial charge in [0.1, 0.15) is 6.33 Å². The molecule has 2 rings (SSSR count). The molecule has 2 aromatic rings. The van der Waals surface area contributed by atoms with Gasteiger partial charge in [-0.15, -0.1) is 0 Å². The Morgan fingerprint density at radius 2 is 1.92 bits per heavy atom. The van der Waals surface area contributed by atoms with Gasteiger partial charge in [0.15, 0.2) is 5.65 Å². The minimum Gasteiger partial charge on any atom is -0.244 e. The van der Waals surface area contributed by atoms with Crippen LogP contribution in [0.15, 0.2) is 24.7 Å². The Morgan fingerprint density at radius 1 is 1.15 bits per heavy atom. The lowest BCUT2D eigenvalue weighted by molar-refractivity contribution is 1.15. The molecule has 0 N–H and O–H groups in total. The van der Waals surface area contributed by atoms with Gasteiger partial charge in [-0.1, -0.05) is 13.8 Å². The summed E-state index contributed by atoms with van der Waals surface area (Å²) in [6.07, 6.45) is 3.27. The van der Waals surface area contributed by atoms with Crippen molar-refractivity contribution < 1.29 is 0 Å².